The second kappa shape index (κ2) is 2.39. The number of hydrogen-bond donors (Lipinski definition) is 2. The Morgan fingerprint density at radius 3 is 2.20 bits per heavy atom. The predicted molar refractivity (Wildman–Crippen MR) is 35.6 cm³/mol. The molecule has 0 saturated heterocycles. The molecule has 2 N–H and O–H groups in total. The second-order valence-electron chi connectivity index (χ2n) is 2.03. The zero-order chi connectivity index (χ0) is 7.72. The van der Waals surface area contributed by atoms with E-state index in [2.05, 4.69) is 10.2 Å². The lowest BCUT2D eigenvalue weighted by Gasteiger charge is -1.89. The normalized spacial score (nSPS) is 10.0. The van der Waals surface area contributed by atoms with Crippen molar-refractivity contribution in [3.8, 4) is 0 Å². The van der Waals surface area contributed by atoms with Gasteiger partial charge in [0.25, 0.3) is 0 Å². The van der Waals surface area contributed by atoms with Crippen molar-refractivity contribution in [2.24, 2.45) is 7.05 Å². The van der Waals surface area contributed by atoms with E-state index in [1.165, 1.54) is 4.80 Å². The highest BCUT2D eigenvalue weighted by Crippen LogP contribution is 1.83. The van der Waals surface area contributed by atoms with Crippen LogP contribution in [0.15, 0.2) is 0 Å². The van der Waals surface area contributed by atoms with Crippen molar-refractivity contribution >= 4 is 12.7 Å². The Labute approximate surface area is 58.4 Å². The minimum Gasteiger partial charge on any atom is -0.422 e. The van der Waals surface area contributed by atoms with Gasteiger partial charge in [-0.3, -0.25) is 0 Å². The van der Waals surface area contributed by atoms with E-state index in [9.17, 15) is 0 Å². The summed E-state index contributed by atoms with van der Waals surface area (Å²) in [6, 6.07) is 0. The van der Waals surface area contributed by atoms with Crippen LogP contribution in [0.4, 0.5) is 0 Å². The van der Waals surface area contributed by atoms with Crippen molar-refractivity contribution < 1.29 is 10.0 Å². The third-order valence-electron chi connectivity index (χ3n) is 1.16. The molecule has 0 spiro atoms. The molecule has 0 bridgehead atoms. The molecule has 54 valence electrons. The molecular formula is C4H8BN3O2. The molecule has 5 nitrogen and oxygen atoms in total. The molecule has 0 aliphatic carbocycles. The summed E-state index contributed by atoms with van der Waals surface area (Å²) in [5.74, 6) is 0. The minimum atomic E-state index is -1.52. The van der Waals surface area contributed by atoms with Crippen LogP contribution in [0.3, 0.4) is 0 Å². The maximum absolute atomic E-state index is 8.66. The predicted octanol–water partition coefficient (Wildman–Crippen LogP) is -2.20. The fourth-order valence-corrected chi connectivity index (χ4v) is 0.757. The fraction of sp³-hybridized carbons (Fsp3) is 0.500. The van der Waals surface area contributed by atoms with Gasteiger partial charge in [0.15, 0.2) is 0 Å². The fourth-order valence-electron chi connectivity index (χ4n) is 0.757. The van der Waals surface area contributed by atoms with Crippen molar-refractivity contribution in [1.82, 2.24) is 15.0 Å². The maximum Gasteiger partial charge on any atom is 0.512 e. The molecule has 1 aromatic heterocycles. The van der Waals surface area contributed by atoms with E-state index in [-0.39, 0.29) is 5.59 Å². The second-order valence-corrected chi connectivity index (χ2v) is 2.03. The van der Waals surface area contributed by atoms with Crippen molar-refractivity contribution in [3.63, 3.8) is 0 Å². The SMILES string of the molecule is Cc1nn(C)nc1B(O)O. The standard InChI is InChI=1S/C4H8BN3O2/c1-3-4(5(9)10)7-8(2)6-3/h9-10H,1-2H3. The molecule has 6 heteroatoms. The van der Waals surface area contributed by atoms with Crippen LogP contribution in [0.5, 0.6) is 0 Å². The monoisotopic (exact) mass is 141 g/mol. The van der Waals surface area contributed by atoms with Gasteiger partial charge in [-0.2, -0.15) is 15.0 Å². The van der Waals surface area contributed by atoms with Crippen LogP contribution in [0.2, 0.25) is 0 Å². The van der Waals surface area contributed by atoms with Crippen LogP contribution in [0, 0.1) is 6.92 Å². The van der Waals surface area contributed by atoms with Crippen LogP contribution in [0.1, 0.15) is 5.69 Å². The van der Waals surface area contributed by atoms with Gasteiger partial charge in [0, 0.05) is 7.05 Å². The van der Waals surface area contributed by atoms with Crippen LogP contribution in [-0.2, 0) is 7.05 Å². The first-order valence-corrected chi connectivity index (χ1v) is 2.85. The van der Waals surface area contributed by atoms with E-state index in [1.807, 2.05) is 0 Å². The van der Waals surface area contributed by atoms with Crippen molar-refractivity contribution in [1.29, 1.82) is 0 Å². The number of aryl methyl sites for hydroxylation is 2. The molecule has 0 unspecified atom stereocenters. The maximum atomic E-state index is 8.66. The summed E-state index contributed by atoms with van der Waals surface area (Å²) < 4.78 is 0. The van der Waals surface area contributed by atoms with Gasteiger partial charge in [-0.15, -0.1) is 0 Å². The molecule has 0 amide bonds. The summed E-state index contributed by atoms with van der Waals surface area (Å²) in [6.07, 6.45) is 0. The highest BCUT2D eigenvalue weighted by atomic mass is 16.4. The molecule has 0 atom stereocenters. The van der Waals surface area contributed by atoms with Gasteiger partial charge in [0.1, 0.15) is 5.59 Å². The number of rotatable bonds is 1. The number of hydrogen-bond acceptors (Lipinski definition) is 4. The summed E-state index contributed by atoms with van der Waals surface area (Å²) in [6.45, 7) is 1.67. The molecule has 1 heterocycles. The lowest BCUT2D eigenvalue weighted by atomic mass is 9.85. The Morgan fingerprint density at radius 2 is 2.00 bits per heavy atom. The Hall–Kier alpha value is -0.875. The van der Waals surface area contributed by atoms with Crippen molar-refractivity contribution in [2.75, 3.05) is 0 Å². The zero-order valence-electron chi connectivity index (χ0n) is 5.81. The minimum absolute atomic E-state index is 0.211. The largest absolute Gasteiger partial charge is 0.512 e. The summed E-state index contributed by atoms with van der Waals surface area (Å²) in [4.78, 5) is 1.30. The average molecular weight is 141 g/mol. The highest BCUT2D eigenvalue weighted by Gasteiger charge is 2.18. The van der Waals surface area contributed by atoms with Crippen LogP contribution in [-0.4, -0.2) is 32.2 Å². The zero-order valence-corrected chi connectivity index (χ0v) is 5.81. The highest BCUT2D eigenvalue weighted by molar-refractivity contribution is 6.57. The first kappa shape index (κ1) is 7.23. The number of aromatic nitrogens is 3. The molecule has 1 aromatic rings. The van der Waals surface area contributed by atoms with E-state index < -0.39 is 7.12 Å². The molecule has 0 aliphatic rings. The quantitative estimate of drug-likeness (QED) is 0.435. The van der Waals surface area contributed by atoms with Gasteiger partial charge >= 0.3 is 7.12 Å². The smallest absolute Gasteiger partial charge is 0.422 e. The van der Waals surface area contributed by atoms with Crippen molar-refractivity contribution in [3.05, 3.63) is 5.69 Å². The summed E-state index contributed by atoms with van der Waals surface area (Å²) in [5, 5.41) is 24.8. The van der Waals surface area contributed by atoms with Crippen LogP contribution >= 0.6 is 0 Å². The van der Waals surface area contributed by atoms with Gasteiger partial charge in [0.05, 0.1) is 5.69 Å². The molecule has 0 radical (unpaired) electrons. The summed E-state index contributed by atoms with van der Waals surface area (Å²) in [5.41, 5.74) is 0.750. The van der Waals surface area contributed by atoms with Gasteiger partial charge in [-0.1, -0.05) is 0 Å². The van der Waals surface area contributed by atoms with Crippen LogP contribution < -0.4 is 5.59 Å². The Kier molecular flexibility index (Phi) is 1.73. The van der Waals surface area contributed by atoms with E-state index >= 15 is 0 Å². The summed E-state index contributed by atoms with van der Waals surface area (Å²) >= 11 is 0. The third kappa shape index (κ3) is 1.17. The van der Waals surface area contributed by atoms with E-state index in [0.717, 1.165) is 0 Å². The Morgan fingerprint density at radius 1 is 1.40 bits per heavy atom. The summed E-state index contributed by atoms with van der Waals surface area (Å²) in [7, 11) is 0.104. The van der Waals surface area contributed by atoms with Gasteiger partial charge < -0.3 is 10.0 Å². The molecular weight excluding hydrogens is 133 g/mol. The molecule has 0 aliphatic heterocycles. The first-order valence-electron chi connectivity index (χ1n) is 2.85. The molecule has 0 aromatic carbocycles. The van der Waals surface area contributed by atoms with E-state index in [1.54, 1.807) is 14.0 Å². The topological polar surface area (TPSA) is 71.2 Å². The first-order chi connectivity index (χ1) is 4.61. The average Bonchev–Trinajstić information content (AvgIpc) is 2.10. The van der Waals surface area contributed by atoms with Gasteiger partial charge in [-0.05, 0) is 6.92 Å². The Balaban J connectivity index is 3.03. The van der Waals surface area contributed by atoms with E-state index in [4.69, 9.17) is 10.0 Å². The molecule has 0 fully saturated rings. The molecule has 1 rings (SSSR count). The Bertz CT molecular complexity index is 234. The van der Waals surface area contributed by atoms with E-state index in [0.29, 0.717) is 5.69 Å². The van der Waals surface area contributed by atoms with Gasteiger partial charge in [0.2, 0.25) is 0 Å². The van der Waals surface area contributed by atoms with Crippen molar-refractivity contribution in [2.45, 2.75) is 6.92 Å². The van der Waals surface area contributed by atoms with Crippen LogP contribution in [0.25, 0.3) is 0 Å². The lowest BCUT2D eigenvalue weighted by molar-refractivity contribution is 0.423. The molecule has 10 heavy (non-hydrogen) atoms. The van der Waals surface area contributed by atoms with Gasteiger partial charge in [-0.25, -0.2) is 0 Å². The lowest BCUT2D eigenvalue weighted by Crippen LogP contribution is -2.33. The number of nitrogens with zero attached hydrogens (tertiary/aromatic N) is 3. The molecule has 0 saturated carbocycles. The third-order valence-corrected chi connectivity index (χ3v) is 1.16.